The number of ether oxygens (including phenoxy) is 1. The molecule has 302 valence electrons. The highest BCUT2D eigenvalue weighted by atomic mass is 16.5. The molecule has 0 aromatic rings. The van der Waals surface area contributed by atoms with Crippen molar-refractivity contribution in [2.45, 2.75) is 120 Å². The molecular formula is C47H66O8. The Bertz CT molecular complexity index is 1720. The highest BCUT2D eigenvalue weighted by molar-refractivity contribution is 6.01. The zero-order chi connectivity index (χ0) is 41.7. The van der Waals surface area contributed by atoms with Crippen molar-refractivity contribution in [3.63, 3.8) is 0 Å². The van der Waals surface area contributed by atoms with Crippen molar-refractivity contribution in [2.24, 2.45) is 16.7 Å². The fourth-order valence-corrected chi connectivity index (χ4v) is 7.01. The first-order chi connectivity index (χ1) is 25.6. The van der Waals surface area contributed by atoms with E-state index in [1.807, 2.05) is 96.2 Å². The molecule has 2 rings (SSSR count). The molecule has 6 unspecified atom stereocenters. The molecule has 0 amide bonds. The summed E-state index contributed by atoms with van der Waals surface area (Å²) in [6, 6.07) is 0. The van der Waals surface area contributed by atoms with Gasteiger partial charge in [0.25, 0.3) is 0 Å². The van der Waals surface area contributed by atoms with E-state index in [0.717, 1.165) is 45.4 Å². The van der Waals surface area contributed by atoms with Crippen molar-refractivity contribution >= 4 is 11.6 Å². The lowest BCUT2D eigenvalue weighted by Gasteiger charge is -2.37. The standard InChI is InChI=1S/C47H66O8/c1-30(18-14-20-32(3)22-24-37-35(6)42(51)34(5)26-46(37,8)9)16-12-13-17-31(2)19-15-21-33(4)23-25-38-36(7)43(52)41(27-47(38,10)11)55-29-40(50)45(54)44(53)39(49)28-48/h12-25,34,39-41,44-45,48-50,53-54H,26-29H2,1-11H3/b13-12+,18-14+,19-15+,24-22+,25-23+,30-16+,31-17+,32-20+,33-21+. The second-order valence-electron chi connectivity index (χ2n) is 16.4. The quantitative estimate of drug-likeness (QED) is 0.0953. The number of rotatable bonds is 17. The van der Waals surface area contributed by atoms with Crippen LogP contribution in [0.4, 0.5) is 0 Å². The van der Waals surface area contributed by atoms with Gasteiger partial charge in [0.2, 0.25) is 0 Å². The zero-order valence-electron chi connectivity index (χ0n) is 34.8. The van der Waals surface area contributed by atoms with Crippen LogP contribution in [0.3, 0.4) is 0 Å². The van der Waals surface area contributed by atoms with E-state index in [1.165, 1.54) is 0 Å². The van der Waals surface area contributed by atoms with Crippen LogP contribution in [0, 0.1) is 16.7 Å². The van der Waals surface area contributed by atoms with E-state index in [0.29, 0.717) is 12.0 Å². The van der Waals surface area contributed by atoms with E-state index >= 15 is 0 Å². The first-order valence-corrected chi connectivity index (χ1v) is 19.2. The Morgan fingerprint density at radius 1 is 0.655 bits per heavy atom. The predicted molar refractivity (Wildman–Crippen MR) is 223 cm³/mol. The summed E-state index contributed by atoms with van der Waals surface area (Å²) in [6.07, 6.45) is 22.1. The van der Waals surface area contributed by atoms with Crippen molar-refractivity contribution < 1.29 is 39.9 Å². The molecule has 0 radical (unpaired) electrons. The number of carbonyl (C=O) groups is 2. The molecule has 0 bridgehead atoms. The minimum atomic E-state index is -1.76. The van der Waals surface area contributed by atoms with Crippen LogP contribution in [0.15, 0.2) is 130 Å². The van der Waals surface area contributed by atoms with Gasteiger partial charge in [0.1, 0.15) is 30.5 Å². The van der Waals surface area contributed by atoms with Crippen molar-refractivity contribution in [3.8, 4) is 0 Å². The van der Waals surface area contributed by atoms with Crippen LogP contribution in [-0.2, 0) is 14.3 Å². The van der Waals surface area contributed by atoms with E-state index < -0.39 is 49.1 Å². The number of hydrogen-bond acceptors (Lipinski definition) is 8. The molecule has 0 saturated heterocycles. The van der Waals surface area contributed by atoms with Crippen molar-refractivity contribution in [1.82, 2.24) is 0 Å². The normalized spacial score (nSPS) is 24.4. The fraction of sp³-hybridized carbons (Fsp3) is 0.489. The Hall–Kier alpha value is -3.76. The van der Waals surface area contributed by atoms with Crippen LogP contribution in [0.1, 0.15) is 89.0 Å². The maximum Gasteiger partial charge on any atom is 0.187 e. The zero-order valence-corrected chi connectivity index (χ0v) is 34.8. The lowest BCUT2D eigenvalue weighted by atomic mass is 9.68. The minimum absolute atomic E-state index is 0.0189. The number of allylic oxidation sites excluding steroid dienone is 21. The molecule has 55 heavy (non-hydrogen) atoms. The average Bonchev–Trinajstić information content (AvgIpc) is 3.11. The van der Waals surface area contributed by atoms with E-state index in [4.69, 9.17) is 9.84 Å². The summed E-state index contributed by atoms with van der Waals surface area (Å²) < 4.78 is 5.68. The second kappa shape index (κ2) is 21.5. The molecule has 0 aliphatic heterocycles. The Labute approximate surface area is 329 Å². The third kappa shape index (κ3) is 14.4. The van der Waals surface area contributed by atoms with Crippen LogP contribution in [-0.4, -0.2) is 80.8 Å². The van der Waals surface area contributed by atoms with Crippen molar-refractivity contribution in [1.29, 1.82) is 0 Å². The van der Waals surface area contributed by atoms with Crippen LogP contribution in [0.5, 0.6) is 0 Å². The molecule has 0 fully saturated rings. The molecule has 0 spiro atoms. The van der Waals surface area contributed by atoms with E-state index in [9.17, 15) is 30.0 Å². The maximum absolute atomic E-state index is 13.2. The first kappa shape index (κ1) is 47.4. The van der Waals surface area contributed by atoms with Crippen LogP contribution < -0.4 is 0 Å². The van der Waals surface area contributed by atoms with E-state index in [1.54, 1.807) is 6.92 Å². The molecular weight excluding hydrogens is 693 g/mol. The van der Waals surface area contributed by atoms with Gasteiger partial charge < -0.3 is 30.3 Å². The Morgan fingerprint density at radius 3 is 1.53 bits per heavy atom. The molecule has 8 nitrogen and oxygen atoms in total. The molecule has 8 heteroatoms. The average molecular weight is 759 g/mol. The molecule has 5 N–H and O–H groups in total. The molecule has 0 aromatic heterocycles. The number of ketones is 2. The smallest absolute Gasteiger partial charge is 0.187 e. The SMILES string of the molecule is CC1=C(/C=C/C(C)=C/C=C/C(C)=C/C=C/C=C(C)/C=C/C=C(C)/C=C/C2=C(C)C(=O)C(OCC(O)C(O)C(O)C(O)CO)CC2(C)C)C(C)(C)CC(C)C1=O. The van der Waals surface area contributed by atoms with Gasteiger partial charge in [0.05, 0.1) is 13.2 Å². The van der Waals surface area contributed by atoms with Gasteiger partial charge in [-0.1, -0.05) is 142 Å². The lowest BCUT2D eigenvalue weighted by Crippen LogP contribution is -2.48. The maximum atomic E-state index is 13.2. The highest BCUT2D eigenvalue weighted by Gasteiger charge is 2.40. The van der Waals surface area contributed by atoms with Gasteiger partial charge in [0, 0.05) is 5.92 Å². The van der Waals surface area contributed by atoms with Gasteiger partial charge in [-0.05, 0) is 87.5 Å². The Kier molecular flexibility index (Phi) is 18.5. The molecule has 2 aliphatic rings. The number of hydrogen-bond donors (Lipinski definition) is 5. The van der Waals surface area contributed by atoms with Crippen molar-refractivity contribution in [2.75, 3.05) is 13.2 Å². The van der Waals surface area contributed by atoms with Crippen LogP contribution in [0.25, 0.3) is 0 Å². The molecule has 0 aromatic carbocycles. The first-order valence-electron chi connectivity index (χ1n) is 19.2. The van der Waals surface area contributed by atoms with Gasteiger partial charge in [-0.25, -0.2) is 0 Å². The number of carbonyl (C=O) groups excluding carboxylic acids is 2. The van der Waals surface area contributed by atoms with E-state index in [-0.39, 0.29) is 22.9 Å². The predicted octanol–water partition coefficient (Wildman–Crippen LogP) is 7.64. The third-order valence-corrected chi connectivity index (χ3v) is 10.3. The van der Waals surface area contributed by atoms with Crippen LogP contribution in [0.2, 0.25) is 0 Å². The largest absolute Gasteiger partial charge is 0.394 e. The van der Waals surface area contributed by atoms with Gasteiger partial charge in [-0.2, -0.15) is 0 Å². The molecule has 2 aliphatic carbocycles. The number of aliphatic hydroxyl groups excluding tert-OH is 5. The minimum Gasteiger partial charge on any atom is -0.394 e. The fourth-order valence-electron chi connectivity index (χ4n) is 7.01. The number of Topliss-reactive ketones (excluding diaryl/α,β-unsaturated/α-hetero) is 2. The highest BCUT2D eigenvalue weighted by Crippen LogP contribution is 2.42. The Balaban J connectivity index is 1.96. The second-order valence-corrected chi connectivity index (χ2v) is 16.4. The van der Waals surface area contributed by atoms with Gasteiger partial charge in [-0.15, -0.1) is 0 Å². The summed E-state index contributed by atoms with van der Waals surface area (Å²) in [7, 11) is 0. The third-order valence-electron chi connectivity index (χ3n) is 10.3. The summed E-state index contributed by atoms with van der Waals surface area (Å²) in [5, 5.41) is 48.7. The topological polar surface area (TPSA) is 145 Å². The summed E-state index contributed by atoms with van der Waals surface area (Å²) in [5.74, 6) is 0.109. The van der Waals surface area contributed by atoms with E-state index in [2.05, 4.69) is 58.1 Å². The summed E-state index contributed by atoms with van der Waals surface area (Å²) in [4.78, 5) is 25.7. The summed E-state index contributed by atoms with van der Waals surface area (Å²) in [5.41, 5.74) is 7.32. The van der Waals surface area contributed by atoms with Gasteiger partial charge in [0.15, 0.2) is 11.6 Å². The Morgan fingerprint density at radius 2 is 1.05 bits per heavy atom. The van der Waals surface area contributed by atoms with Crippen LogP contribution >= 0.6 is 0 Å². The monoisotopic (exact) mass is 758 g/mol. The van der Waals surface area contributed by atoms with Gasteiger partial charge >= 0.3 is 0 Å². The molecule has 0 saturated carbocycles. The summed E-state index contributed by atoms with van der Waals surface area (Å²) in [6.45, 7) is 21.1. The van der Waals surface area contributed by atoms with Crippen molar-refractivity contribution in [3.05, 3.63) is 130 Å². The summed E-state index contributed by atoms with van der Waals surface area (Å²) >= 11 is 0. The van der Waals surface area contributed by atoms with Gasteiger partial charge in [-0.3, -0.25) is 9.59 Å². The number of aliphatic hydroxyl groups is 5. The molecule has 0 heterocycles. The lowest BCUT2D eigenvalue weighted by molar-refractivity contribution is -0.146. The molecule has 6 atom stereocenters.